The van der Waals surface area contributed by atoms with Crippen molar-refractivity contribution >= 4 is 32.6 Å². The van der Waals surface area contributed by atoms with Gasteiger partial charge in [-0.25, -0.2) is 9.37 Å². The summed E-state index contributed by atoms with van der Waals surface area (Å²) < 4.78 is 14.3. The van der Waals surface area contributed by atoms with Crippen molar-refractivity contribution in [2.24, 2.45) is 0 Å². The smallest absolute Gasteiger partial charge is 0.251 e. The monoisotopic (exact) mass is 395 g/mol. The molecule has 144 valence electrons. The number of hydrogen-bond donors (Lipinski definition) is 2. The van der Waals surface area contributed by atoms with Gasteiger partial charge in [0, 0.05) is 17.6 Å². The summed E-state index contributed by atoms with van der Waals surface area (Å²) in [4.78, 5) is 17.5. The average Bonchev–Trinajstić information content (AvgIpc) is 3.34. The lowest BCUT2D eigenvalue weighted by atomic mass is 10.0. The number of nitrogens with one attached hydrogen (secondary N) is 2. The Morgan fingerprint density at radius 3 is 2.75 bits per heavy atom. The highest BCUT2D eigenvalue weighted by Gasteiger charge is 2.32. The fraction of sp³-hybridized carbons (Fsp3) is 0.364. The normalized spacial score (nSPS) is 21.8. The second-order valence-electron chi connectivity index (χ2n) is 7.75. The number of benzene rings is 2. The number of anilines is 1. The number of nitrogens with zero attached hydrogens (tertiary/aromatic N) is 1. The largest absolute Gasteiger partial charge is 0.357 e. The first-order valence-electron chi connectivity index (χ1n) is 9.90. The van der Waals surface area contributed by atoms with Crippen LogP contribution in [0.2, 0.25) is 0 Å². The minimum absolute atomic E-state index is 0.0209. The Morgan fingerprint density at radius 1 is 1.07 bits per heavy atom. The number of fused-ring (bicyclic) bond motifs is 1. The Morgan fingerprint density at radius 2 is 1.89 bits per heavy atom. The fourth-order valence-electron chi connectivity index (χ4n) is 4.12. The molecule has 2 atom stereocenters. The lowest BCUT2D eigenvalue weighted by molar-refractivity contribution is 0.0935. The summed E-state index contributed by atoms with van der Waals surface area (Å²) in [6.07, 6.45) is 5.35. The third-order valence-electron chi connectivity index (χ3n) is 5.71. The number of aromatic nitrogens is 1. The molecule has 1 amide bonds. The van der Waals surface area contributed by atoms with Gasteiger partial charge >= 0.3 is 0 Å². The fourth-order valence-corrected chi connectivity index (χ4v) is 5.08. The molecule has 1 aromatic heterocycles. The molecule has 2 aromatic carbocycles. The van der Waals surface area contributed by atoms with Crippen molar-refractivity contribution in [3.63, 3.8) is 0 Å². The van der Waals surface area contributed by atoms with E-state index in [1.807, 2.05) is 18.2 Å². The SMILES string of the molecule is O=C(N[C@@H]1CCC[C@@H]1Nc1nc2ccc(F)cc2s1)c1ccccc1C1CC1. The van der Waals surface area contributed by atoms with Crippen LogP contribution in [0.5, 0.6) is 0 Å². The molecule has 28 heavy (non-hydrogen) atoms. The minimum Gasteiger partial charge on any atom is -0.357 e. The van der Waals surface area contributed by atoms with Crippen LogP contribution in [-0.2, 0) is 0 Å². The number of thiazole rings is 1. The zero-order valence-corrected chi connectivity index (χ0v) is 16.3. The van der Waals surface area contributed by atoms with Crippen molar-refractivity contribution in [3.8, 4) is 0 Å². The maximum absolute atomic E-state index is 13.4. The minimum atomic E-state index is -0.247. The van der Waals surface area contributed by atoms with Gasteiger partial charge in [-0.05, 0) is 67.9 Å². The summed E-state index contributed by atoms with van der Waals surface area (Å²) >= 11 is 1.46. The van der Waals surface area contributed by atoms with Gasteiger partial charge in [0.15, 0.2) is 5.13 Å². The Kier molecular flexibility index (Phi) is 4.51. The quantitative estimate of drug-likeness (QED) is 0.634. The molecule has 0 bridgehead atoms. The number of amides is 1. The van der Waals surface area contributed by atoms with Crippen LogP contribution in [0.1, 0.15) is 53.9 Å². The summed E-state index contributed by atoms with van der Waals surface area (Å²) in [6.45, 7) is 0. The molecule has 4 nitrogen and oxygen atoms in total. The van der Waals surface area contributed by atoms with E-state index in [4.69, 9.17) is 0 Å². The topological polar surface area (TPSA) is 54.0 Å². The van der Waals surface area contributed by atoms with Crippen LogP contribution in [0.25, 0.3) is 10.2 Å². The molecule has 6 heteroatoms. The molecule has 5 rings (SSSR count). The third kappa shape index (κ3) is 3.49. The maximum Gasteiger partial charge on any atom is 0.251 e. The number of carbonyl (C=O) groups is 1. The molecule has 0 spiro atoms. The van der Waals surface area contributed by atoms with Crippen LogP contribution in [0.3, 0.4) is 0 Å². The van der Waals surface area contributed by atoms with Gasteiger partial charge in [0.05, 0.1) is 10.2 Å². The van der Waals surface area contributed by atoms with E-state index in [9.17, 15) is 9.18 Å². The molecule has 2 aliphatic rings. The molecule has 0 unspecified atom stereocenters. The van der Waals surface area contributed by atoms with Gasteiger partial charge in [-0.3, -0.25) is 4.79 Å². The zero-order valence-electron chi connectivity index (χ0n) is 15.5. The lowest BCUT2D eigenvalue weighted by Gasteiger charge is -2.22. The van der Waals surface area contributed by atoms with Crippen molar-refractivity contribution in [1.82, 2.24) is 10.3 Å². The molecule has 0 saturated heterocycles. The molecule has 2 saturated carbocycles. The first-order chi connectivity index (χ1) is 13.7. The van der Waals surface area contributed by atoms with E-state index in [0.29, 0.717) is 5.92 Å². The molecule has 0 radical (unpaired) electrons. The van der Waals surface area contributed by atoms with E-state index < -0.39 is 0 Å². The highest BCUT2D eigenvalue weighted by atomic mass is 32.1. The second kappa shape index (κ2) is 7.17. The standard InChI is InChI=1S/C22H22FN3OS/c23-14-10-11-19-20(12-14)28-22(26-19)25-18-7-3-6-17(18)24-21(27)16-5-2-1-4-15(16)13-8-9-13/h1-2,4-5,10-13,17-18H,3,6-9H2,(H,24,27)(H,25,26)/t17-,18+/m1/s1. The summed E-state index contributed by atoms with van der Waals surface area (Å²) in [7, 11) is 0. The van der Waals surface area contributed by atoms with E-state index >= 15 is 0 Å². The Balaban J connectivity index is 1.30. The number of halogens is 1. The van der Waals surface area contributed by atoms with Gasteiger partial charge in [-0.1, -0.05) is 29.5 Å². The van der Waals surface area contributed by atoms with Crippen LogP contribution in [-0.4, -0.2) is 23.0 Å². The van der Waals surface area contributed by atoms with Gasteiger partial charge < -0.3 is 10.6 Å². The van der Waals surface area contributed by atoms with Crippen molar-refractivity contribution in [2.45, 2.75) is 50.1 Å². The van der Waals surface area contributed by atoms with E-state index in [0.717, 1.165) is 40.2 Å². The van der Waals surface area contributed by atoms with Gasteiger partial charge in [0.2, 0.25) is 0 Å². The van der Waals surface area contributed by atoms with Crippen LogP contribution >= 0.6 is 11.3 Å². The summed E-state index contributed by atoms with van der Waals surface area (Å²) in [5.74, 6) is 0.318. The van der Waals surface area contributed by atoms with Crippen molar-refractivity contribution < 1.29 is 9.18 Å². The predicted octanol–water partition coefficient (Wildman–Crippen LogP) is 5.08. The third-order valence-corrected chi connectivity index (χ3v) is 6.66. The lowest BCUT2D eigenvalue weighted by Crippen LogP contribution is -2.43. The molecular formula is C22H22FN3OS. The highest BCUT2D eigenvalue weighted by Crippen LogP contribution is 2.41. The van der Waals surface area contributed by atoms with Crippen LogP contribution in [0.15, 0.2) is 42.5 Å². The summed E-state index contributed by atoms with van der Waals surface area (Å²) in [5, 5.41) is 7.51. The van der Waals surface area contributed by atoms with Crippen LogP contribution in [0, 0.1) is 5.82 Å². The molecule has 3 aromatic rings. The van der Waals surface area contributed by atoms with E-state index in [-0.39, 0.29) is 23.8 Å². The molecule has 2 fully saturated rings. The van der Waals surface area contributed by atoms with Gasteiger partial charge in [-0.2, -0.15) is 0 Å². The zero-order chi connectivity index (χ0) is 19.1. The molecular weight excluding hydrogens is 373 g/mol. The van der Waals surface area contributed by atoms with E-state index in [2.05, 4.69) is 21.7 Å². The Hall–Kier alpha value is -2.47. The average molecular weight is 396 g/mol. The van der Waals surface area contributed by atoms with Gasteiger partial charge in [0.1, 0.15) is 5.82 Å². The van der Waals surface area contributed by atoms with Crippen LogP contribution in [0.4, 0.5) is 9.52 Å². The maximum atomic E-state index is 13.4. The van der Waals surface area contributed by atoms with Crippen molar-refractivity contribution in [2.75, 3.05) is 5.32 Å². The Bertz CT molecular complexity index is 1030. The first kappa shape index (κ1) is 17.6. The molecule has 2 N–H and O–H groups in total. The van der Waals surface area contributed by atoms with E-state index in [1.165, 1.54) is 41.9 Å². The van der Waals surface area contributed by atoms with Crippen molar-refractivity contribution in [3.05, 3.63) is 59.4 Å². The second-order valence-corrected chi connectivity index (χ2v) is 8.78. The first-order valence-corrected chi connectivity index (χ1v) is 10.7. The number of carbonyl (C=O) groups excluding carboxylic acids is 1. The Labute approximate surface area is 167 Å². The molecule has 1 heterocycles. The van der Waals surface area contributed by atoms with E-state index in [1.54, 1.807) is 6.07 Å². The predicted molar refractivity (Wildman–Crippen MR) is 111 cm³/mol. The molecule has 0 aliphatic heterocycles. The summed E-state index contributed by atoms with van der Waals surface area (Å²) in [5.41, 5.74) is 2.78. The van der Waals surface area contributed by atoms with Gasteiger partial charge in [0.25, 0.3) is 5.91 Å². The summed E-state index contributed by atoms with van der Waals surface area (Å²) in [6, 6.07) is 12.8. The molecule has 2 aliphatic carbocycles. The highest BCUT2D eigenvalue weighted by molar-refractivity contribution is 7.22. The van der Waals surface area contributed by atoms with Crippen molar-refractivity contribution in [1.29, 1.82) is 0 Å². The number of hydrogen-bond acceptors (Lipinski definition) is 4. The number of rotatable bonds is 5. The van der Waals surface area contributed by atoms with Gasteiger partial charge in [-0.15, -0.1) is 0 Å². The van der Waals surface area contributed by atoms with Crippen LogP contribution < -0.4 is 10.6 Å².